The number of hydrogen-bond donors (Lipinski definition) is 1. The first-order chi connectivity index (χ1) is 10.7. The van der Waals surface area contributed by atoms with E-state index in [1.54, 1.807) is 0 Å². The predicted octanol–water partition coefficient (Wildman–Crippen LogP) is 3.14. The monoisotopic (exact) mass is 430 g/mol. The normalized spacial score (nSPS) is 15.3. The van der Waals surface area contributed by atoms with E-state index in [0.717, 1.165) is 45.1 Å². The zero-order valence-corrected chi connectivity index (χ0v) is 17.2. The Labute approximate surface area is 158 Å². The van der Waals surface area contributed by atoms with E-state index in [4.69, 9.17) is 0 Å². The fourth-order valence-corrected chi connectivity index (χ4v) is 3.01. The number of nitrogens with one attached hydrogen (secondary N) is 1. The Kier molecular flexibility index (Phi) is 8.91. The molecule has 1 aromatic carbocycles. The lowest BCUT2D eigenvalue weighted by Gasteiger charge is -2.31. The molecule has 2 rings (SSSR count). The summed E-state index contributed by atoms with van der Waals surface area (Å²) in [6.07, 6.45) is 1.09. The minimum atomic E-state index is 0. The lowest BCUT2D eigenvalue weighted by molar-refractivity contribution is 0.218. The average Bonchev–Trinajstić information content (AvgIpc) is 2.97. The Morgan fingerprint density at radius 3 is 2.30 bits per heavy atom. The standard InChI is InChI=1S/C18H30N4.HI/c1-5-15-8-10-16(11-9-15)17(22(6-2)7-3)14-20-18-19-12-13-21(18)4;/h8-11,17H,5-7,12-14H2,1-4H3,(H,19,20);1H. The van der Waals surface area contributed by atoms with Gasteiger partial charge >= 0.3 is 0 Å². The second-order valence-electron chi connectivity index (χ2n) is 5.84. The highest BCUT2D eigenvalue weighted by Gasteiger charge is 2.20. The van der Waals surface area contributed by atoms with Crippen molar-refractivity contribution in [2.45, 2.75) is 33.2 Å². The maximum Gasteiger partial charge on any atom is 0.193 e. The number of rotatable bonds is 7. The number of hydrogen-bond acceptors (Lipinski definition) is 4. The van der Waals surface area contributed by atoms with Crippen LogP contribution < -0.4 is 5.32 Å². The minimum absolute atomic E-state index is 0. The van der Waals surface area contributed by atoms with Crippen LogP contribution in [0.5, 0.6) is 0 Å². The van der Waals surface area contributed by atoms with E-state index in [1.165, 1.54) is 11.1 Å². The molecule has 23 heavy (non-hydrogen) atoms. The van der Waals surface area contributed by atoms with Crippen LogP contribution in [0.2, 0.25) is 0 Å². The summed E-state index contributed by atoms with van der Waals surface area (Å²) in [5.74, 6) is 1.03. The minimum Gasteiger partial charge on any atom is -0.354 e. The molecule has 130 valence electrons. The average molecular weight is 430 g/mol. The Balaban J connectivity index is 0.00000264. The van der Waals surface area contributed by atoms with Gasteiger partial charge < -0.3 is 10.2 Å². The summed E-state index contributed by atoms with van der Waals surface area (Å²) < 4.78 is 0. The number of guanidine groups is 1. The summed E-state index contributed by atoms with van der Waals surface area (Å²) in [7, 11) is 2.10. The third-order valence-electron chi connectivity index (χ3n) is 4.54. The third-order valence-corrected chi connectivity index (χ3v) is 4.54. The zero-order valence-electron chi connectivity index (χ0n) is 14.9. The number of nitrogens with zero attached hydrogens (tertiary/aromatic N) is 3. The molecule has 0 fully saturated rings. The van der Waals surface area contributed by atoms with Gasteiger partial charge in [-0.1, -0.05) is 45.0 Å². The highest BCUT2D eigenvalue weighted by Crippen LogP contribution is 2.21. The molecule has 0 radical (unpaired) electrons. The topological polar surface area (TPSA) is 30.9 Å². The van der Waals surface area contributed by atoms with E-state index in [1.807, 2.05) is 0 Å². The third kappa shape index (κ3) is 5.35. The highest BCUT2D eigenvalue weighted by molar-refractivity contribution is 14.0. The number of likely N-dealkylation sites (N-methyl/N-ethyl adjacent to an activating group) is 2. The Hall–Kier alpha value is -0.820. The molecular formula is C18H31IN4. The summed E-state index contributed by atoms with van der Waals surface area (Å²) >= 11 is 0. The molecule has 1 aromatic rings. The van der Waals surface area contributed by atoms with Gasteiger partial charge in [0.15, 0.2) is 5.96 Å². The van der Waals surface area contributed by atoms with Gasteiger partial charge in [-0.3, -0.25) is 9.89 Å². The molecule has 1 aliphatic heterocycles. The van der Waals surface area contributed by atoms with E-state index in [2.05, 4.69) is 72.2 Å². The Morgan fingerprint density at radius 2 is 1.83 bits per heavy atom. The van der Waals surface area contributed by atoms with Gasteiger partial charge in [0.2, 0.25) is 0 Å². The maximum atomic E-state index is 4.53. The molecule has 5 heteroatoms. The summed E-state index contributed by atoms with van der Waals surface area (Å²) in [5, 5.41) is 3.54. The molecule has 1 N–H and O–H groups in total. The number of aliphatic imine (C=N–C) groups is 1. The van der Waals surface area contributed by atoms with Gasteiger partial charge in [-0.15, -0.1) is 24.0 Å². The van der Waals surface area contributed by atoms with E-state index < -0.39 is 0 Å². The lowest BCUT2D eigenvalue weighted by Crippen LogP contribution is -2.42. The van der Waals surface area contributed by atoms with Gasteiger partial charge in [-0.2, -0.15) is 0 Å². The van der Waals surface area contributed by atoms with Crippen LogP contribution in [0, 0.1) is 0 Å². The second-order valence-corrected chi connectivity index (χ2v) is 5.84. The van der Waals surface area contributed by atoms with Crippen molar-refractivity contribution in [2.75, 3.05) is 39.8 Å². The van der Waals surface area contributed by atoms with Crippen LogP contribution >= 0.6 is 24.0 Å². The Bertz CT molecular complexity index is 482. The predicted molar refractivity (Wildman–Crippen MR) is 110 cm³/mol. The molecule has 0 bridgehead atoms. The fourth-order valence-electron chi connectivity index (χ4n) is 3.01. The molecule has 1 unspecified atom stereocenters. The van der Waals surface area contributed by atoms with E-state index in [0.29, 0.717) is 6.04 Å². The first kappa shape index (κ1) is 20.2. The van der Waals surface area contributed by atoms with Gasteiger partial charge in [-0.05, 0) is 30.6 Å². The van der Waals surface area contributed by atoms with Gasteiger partial charge in [0.05, 0.1) is 12.6 Å². The molecule has 4 nitrogen and oxygen atoms in total. The smallest absolute Gasteiger partial charge is 0.193 e. The number of aryl methyl sites for hydroxylation is 1. The van der Waals surface area contributed by atoms with Crippen LogP contribution in [-0.2, 0) is 6.42 Å². The second kappa shape index (κ2) is 10.1. The quantitative estimate of drug-likeness (QED) is 0.675. The molecule has 0 saturated heterocycles. The molecular weight excluding hydrogens is 399 g/mol. The molecule has 1 atom stereocenters. The number of benzene rings is 1. The summed E-state index contributed by atoms with van der Waals surface area (Å²) in [4.78, 5) is 9.23. The molecule has 0 amide bonds. The summed E-state index contributed by atoms with van der Waals surface area (Å²) in [6, 6.07) is 9.46. The van der Waals surface area contributed by atoms with Crippen molar-refractivity contribution in [1.29, 1.82) is 0 Å². The maximum absolute atomic E-state index is 4.53. The van der Waals surface area contributed by atoms with Gasteiger partial charge in [0.1, 0.15) is 0 Å². The molecule has 0 aromatic heterocycles. The van der Waals surface area contributed by atoms with Crippen LogP contribution in [0.3, 0.4) is 0 Å². The van der Waals surface area contributed by atoms with Crippen molar-refractivity contribution >= 4 is 29.9 Å². The SMILES string of the molecule is CCc1ccc(C(CNC2=NCCN2C)N(CC)CC)cc1.I. The van der Waals surface area contributed by atoms with Gasteiger partial charge in [-0.25, -0.2) is 0 Å². The van der Waals surface area contributed by atoms with Crippen LogP contribution in [0.4, 0.5) is 0 Å². The summed E-state index contributed by atoms with van der Waals surface area (Å²) in [6.45, 7) is 11.6. The van der Waals surface area contributed by atoms with E-state index >= 15 is 0 Å². The number of halogens is 1. The molecule has 0 aliphatic carbocycles. The fraction of sp³-hybridized carbons (Fsp3) is 0.611. The van der Waals surface area contributed by atoms with Crippen molar-refractivity contribution < 1.29 is 0 Å². The van der Waals surface area contributed by atoms with Crippen LogP contribution in [0.15, 0.2) is 29.3 Å². The lowest BCUT2D eigenvalue weighted by atomic mass is 10.0. The first-order valence-electron chi connectivity index (χ1n) is 8.51. The molecule has 1 heterocycles. The zero-order chi connectivity index (χ0) is 15.9. The molecule has 0 saturated carbocycles. The van der Waals surface area contributed by atoms with Gasteiger partial charge in [0, 0.05) is 20.1 Å². The molecule has 0 spiro atoms. The van der Waals surface area contributed by atoms with Crippen molar-refractivity contribution in [3.8, 4) is 0 Å². The van der Waals surface area contributed by atoms with Crippen molar-refractivity contribution in [1.82, 2.24) is 15.1 Å². The van der Waals surface area contributed by atoms with E-state index in [-0.39, 0.29) is 24.0 Å². The highest BCUT2D eigenvalue weighted by atomic mass is 127. The van der Waals surface area contributed by atoms with Crippen molar-refractivity contribution in [3.05, 3.63) is 35.4 Å². The molecule has 1 aliphatic rings. The van der Waals surface area contributed by atoms with Crippen LogP contribution in [-0.4, -0.2) is 55.5 Å². The van der Waals surface area contributed by atoms with Crippen molar-refractivity contribution in [2.24, 2.45) is 4.99 Å². The summed E-state index contributed by atoms with van der Waals surface area (Å²) in [5.41, 5.74) is 2.78. The largest absolute Gasteiger partial charge is 0.354 e. The van der Waals surface area contributed by atoms with Gasteiger partial charge in [0.25, 0.3) is 0 Å². The van der Waals surface area contributed by atoms with E-state index in [9.17, 15) is 0 Å². The van der Waals surface area contributed by atoms with Crippen LogP contribution in [0.1, 0.15) is 37.9 Å². The van der Waals surface area contributed by atoms with Crippen molar-refractivity contribution in [3.63, 3.8) is 0 Å². The Morgan fingerprint density at radius 1 is 1.17 bits per heavy atom. The van der Waals surface area contributed by atoms with Crippen LogP contribution in [0.25, 0.3) is 0 Å². The first-order valence-corrected chi connectivity index (χ1v) is 8.51.